The first-order chi connectivity index (χ1) is 14.6. The number of imidazole rings is 1. The van der Waals surface area contributed by atoms with Crippen molar-refractivity contribution in [1.29, 1.82) is 0 Å². The number of pyridine rings is 2. The monoisotopic (exact) mass is 422 g/mol. The fourth-order valence-electron chi connectivity index (χ4n) is 5.15. The molecule has 154 valence electrons. The second-order valence-corrected chi connectivity index (χ2v) is 8.77. The number of aromatic nitrogens is 4. The van der Waals surface area contributed by atoms with Crippen molar-refractivity contribution >= 4 is 33.7 Å². The van der Waals surface area contributed by atoms with Crippen molar-refractivity contribution in [3.8, 4) is 0 Å². The highest BCUT2D eigenvalue weighted by Gasteiger charge is 2.30. The van der Waals surface area contributed by atoms with E-state index in [1.807, 2.05) is 12.3 Å². The van der Waals surface area contributed by atoms with Crippen LogP contribution in [0.15, 0.2) is 42.7 Å². The van der Waals surface area contributed by atoms with Crippen molar-refractivity contribution in [2.45, 2.75) is 50.9 Å². The van der Waals surface area contributed by atoms with Crippen LogP contribution in [0.3, 0.4) is 0 Å². The number of rotatable bonds is 4. The molecule has 0 spiro atoms. The molecule has 6 heteroatoms. The van der Waals surface area contributed by atoms with Crippen LogP contribution in [0.5, 0.6) is 0 Å². The van der Waals surface area contributed by atoms with E-state index in [-0.39, 0.29) is 5.82 Å². The molecule has 0 amide bonds. The first-order valence-electron chi connectivity index (χ1n) is 10.7. The summed E-state index contributed by atoms with van der Waals surface area (Å²) < 4.78 is 13.8. The summed E-state index contributed by atoms with van der Waals surface area (Å²) in [5, 5.41) is 1.57. The van der Waals surface area contributed by atoms with Crippen LogP contribution < -0.4 is 0 Å². The molecule has 30 heavy (non-hydrogen) atoms. The third-order valence-corrected chi connectivity index (χ3v) is 6.84. The van der Waals surface area contributed by atoms with Gasteiger partial charge in [0.05, 0.1) is 16.1 Å². The van der Waals surface area contributed by atoms with Crippen LogP contribution in [0.4, 0.5) is 4.39 Å². The first kappa shape index (κ1) is 19.4. The van der Waals surface area contributed by atoms with Crippen molar-refractivity contribution in [1.82, 2.24) is 19.9 Å². The lowest BCUT2D eigenvalue weighted by Gasteiger charge is -2.33. The van der Waals surface area contributed by atoms with E-state index in [2.05, 4.69) is 27.9 Å². The second-order valence-electron chi connectivity index (χ2n) is 8.33. The summed E-state index contributed by atoms with van der Waals surface area (Å²) in [4.78, 5) is 16.9. The number of hydrogen-bond acceptors (Lipinski definition) is 3. The number of H-pyrrole nitrogens is 1. The Morgan fingerprint density at radius 2 is 1.97 bits per heavy atom. The molecule has 3 aromatic heterocycles. The molecule has 1 aromatic carbocycles. The van der Waals surface area contributed by atoms with Gasteiger partial charge in [-0.2, -0.15) is 0 Å². The zero-order valence-electron chi connectivity index (χ0n) is 16.9. The lowest BCUT2D eigenvalue weighted by Crippen LogP contribution is -2.20. The number of nitrogens with one attached hydrogen (secondary N) is 1. The van der Waals surface area contributed by atoms with Crippen LogP contribution in [0.1, 0.15) is 62.3 Å². The van der Waals surface area contributed by atoms with Gasteiger partial charge in [-0.05, 0) is 79.8 Å². The van der Waals surface area contributed by atoms with Gasteiger partial charge < -0.3 is 4.98 Å². The SMILES string of the molecule is CC[C@@H](c1nc2ncc(Cl)cc2[nH]1)[C@H]1CC[C@@H](c2ccnc3ccc(F)cc32)CC1. The van der Waals surface area contributed by atoms with Gasteiger partial charge in [0.25, 0.3) is 0 Å². The first-order valence-corrected chi connectivity index (χ1v) is 11.1. The van der Waals surface area contributed by atoms with Crippen molar-refractivity contribution in [3.63, 3.8) is 0 Å². The molecule has 3 heterocycles. The number of aromatic amines is 1. The zero-order chi connectivity index (χ0) is 20.7. The van der Waals surface area contributed by atoms with Gasteiger partial charge in [-0.15, -0.1) is 0 Å². The minimum Gasteiger partial charge on any atom is -0.340 e. The molecule has 1 aliphatic rings. The Morgan fingerprint density at radius 3 is 2.77 bits per heavy atom. The van der Waals surface area contributed by atoms with Gasteiger partial charge in [-0.25, -0.2) is 14.4 Å². The van der Waals surface area contributed by atoms with Crippen molar-refractivity contribution in [2.75, 3.05) is 0 Å². The molecular weight excluding hydrogens is 399 g/mol. The molecule has 4 aromatic rings. The van der Waals surface area contributed by atoms with Gasteiger partial charge in [0.2, 0.25) is 0 Å². The molecule has 5 rings (SSSR count). The van der Waals surface area contributed by atoms with Crippen LogP contribution >= 0.6 is 11.6 Å². The highest BCUT2D eigenvalue weighted by atomic mass is 35.5. The fourth-order valence-corrected chi connectivity index (χ4v) is 5.30. The summed E-state index contributed by atoms with van der Waals surface area (Å²) in [6, 6.07) is 8.84. The minimum absolute atomic E-state index is 0.199. The third-order valence-electron chi connectivity index (χ3n) is 6.63. The Bertz CT molecular complexity index is 1200. The average molecular weight is 423 g/mol. The maximum Gasteiger partial charge on any atom is 0.177 e. The number of hydrogen-bond donors (Lipinski definition) is 1. The Kier molecular flexibility index (Phi) is 5.15. The normalized spacial score (nSPS) is 20.6. The summed E-state index contributed by atoms with van der Waals surface area (Å²) >= 11 is 6.08. The number of benzene rings is 1. The molecule has 0 bridgehead atoms. The molecule has 0 radical (unpaired) electrons. The van der Waals surface area contributed by atoms with E-state index >= 15 is 0 Å². The highest BCUT2D eigenvalue weighted by molar-refractivity contribution is 6.31. The van der Waals surface area contributed by atoms with Crippen molar-refractivity contribution in [2.24, 2.45) is 5.92 Å². The predicted molar refractivity (Wildman–Crippen MR) is 118 cm³/mol. The quantitative estimate of drug-likeness (QED) is 0.395. The lowest BCUT2D eigenvalue weighted by atomic mass is 9.72. The van der Waals surface area contributed by atoms with Gasteiger partial charge in [0.15, 0.2) is 5.65 Å². The Hall–Kier alpha value is -2.53. The molecule has 1 fully saturated rings. The van der Waals surface area contributed by atoms with E-state index in [4.69, 9.17) is 16.6 Å². The van der Waals surface area contributed by atoms with Gasteiger partial charge in [0, 0.05) is 23.7 Å². The van der Waals surface area contributed by atoms with E-state index in [1.165, 1.54) is 11.6 Å². The average Bonchev–Trinajstić information content (AvgIpc) is 3.17. The second kappa shape index (κ2) is 7.95. The zero-order valence-corrected chi connectivity index (χ0v) is 17.7. The Labute approximate surface area is 179 Å². The van der Waals surface area contributed by atoms with Gasteiger partial charge in [0.1, 0.15) is 11.6 Å². The molecule has 0 unspecified atom stereocenters. The molecule has 0 saturated heterocycles. The van der Waals surface area contributed by atoms with Crippen LogP contribution in [0.25, 0.3) is 22.1 Å². The molecule has 1 N–H and O–H groups in total. The topological polar surface area (TPSA) is 54.5 Å². The molecular formula is C24H24ClFN4. The van der Waals surface area contributed by atoms with Crippen LogP contribution in [-0.4, -0.2) is 19.9 Å². The third kappa shape index (κ3) is 3.56. The van der Waals surface area contributed by atoms with E-state index in [0.29, 0.717) is 22.8 Å². The van der Waals surface area contributed by atoms with E-state index in [9.17, 15) is 4.39 Å². The number of halogens is 2. The van der Waals surface area contributed by atoms with E-state index in [1.54, 1.807) is 18.3 Å². The summed E-state index contributed by atoms with van der Waals surface area (Å²) in [6.07, 6.45) is 8.99. The van der Waals surface area contributed by atoms with Gasteiger partial charge in [-0.3, -0.25) is 4.98 Å². The van der Waals surface area contributed by atoms with Crippen LogP contribution in [0.2, 0.25) is 5.02 Å². The van der Waals surface area contributed by atoms with Crippen LogP contribution in [-0.2, 0) is 0 Å². The van der Waals surface area contributed by atoms with E-state index in [0.717, 1.165) is 60.0 Å². The van der Waals surface area contributed by atoms with Crippen LogP contribution in [0, 0.1) is 11.7 Å². The maximum atomic E-state index is 13.8. The fraction of sp³-hybridized carbons (Fsp3) is 0.375. The largest absolute Gasteiger partial charge is 0.340 e. The maximum absolute atomic E-state index is 13.8. The summed E-state index contributed by atoms with van der Waals surface area (Å²) in [7, 11) is 0. The Balaban J connectivity index is 1.36. The van der Waals surface area contributed by atoms with Gasteiger partial charge in [-0.1, -0.05) is 18.5 Å². The summed E-state index contributed by atoms with van der Waals surface area (Å²) in [6.45, 7) is 2.23. The number of fused-ring (bicyclic) bond motifs is 2. The minimum atomic E-state index is -0.199. The molecule has 0 aliphatic heterocycles. The lowest BCUT2D eigenvalue weighted by molar-refractivity contribution is 0.272. The van der Waals surface area contributed by atoms with Crippen molar-refractivity contribution < 1.29 is 4.39 Å². The summed E-state index contributed by atoms with van der Waals surface area (Å²) in [5.74, 6) is 2.22. The van der Waals surface area contributed by atoms with Crippen molar-refractivity contribution in [3.05, 3.63) is 65.0 Å². The molecule has 1 atom stereocenters. The Morgan fingerprint density at radius 1 is 1.13 bits per heavy atom. The standard InChI is InChI=1S/C24H24ClFN4/c1-2-18(23-29-22-11-16(25)13-28-24(22)30-23)14-3-5-15(6-4-14)19-9-10-27-21-8-7-17(26)12-20(19)21/h7-15,18H,2-6H2,1H3,(H,28,29,30)/t14-,15+,18-/m1/s1. The smallest absolute Gasteiger partial charge is 0.177 e. The van der Waals surface area contributed by atoms with Gasteiger partial charge >= 0.3 is 0 Å². The molecule has 1 saturated carbocycles. The molecule has 1 aliphatic carbocycles. The number of nitrogens with zero attached hydrogens (tertiary/aromatic N) is 3. The van der Waals surface area contributed by atoms with E-state index < -0.39 is 0 Å². The highest BCUT2D eigenvalue weighted by Crippen LogP contribution is 2.44. The molecule has 4 nitrogen and oxygen atoms in total. The predicted octanol–water partition coefficient (Wildman–Crippen LogP) is 6.77. The summed E-state index contributed by atoms with van der Waals surface area (Å²) in [5.41, 5.74) is 3.73.